The van der Waals surface area contributed by atoms with Crippen LogP contribution >= 0.6 is 0 Å². The zero-order chi connectivity index (χ0) is 17.5. The van der Waals surface area contributed by atoms with Gasteiger partial charge in [0.15, 0.2) is 0 Å². The van der Waals surface area contributed by atoms with E-state index in [-0.39, 0.29) is 11.2 Å². The number of aromatic nitrogens is 1. The molecule has 3 aromatic rings. The van der Waals surface area contributed by atoms with Crippen LogP contribution in [0.5, 0.6) is 5.75 Å². The van der Waals surface area contributed by atoms with E-state index in [1.807, 2.05) is 12.1 Å². The first-order valence-electron chi connectivity index (χ1n) is 9.52. The first kappa shape index (κ1) is 14.8. The van der Waals surface area contributed by atoms with Gasteiger partial charge in [-0.1, -0.05) is 24.3 Å². The summed E-state index contributed by atoms with van der Waals surface area (Å²) in [5.41, 5.74) is 5.61. The van der Waals surface area contributed by atoms with Gasteiger partial charge in [-0.05, 0) is 66.6 Å². The molecule has 26 heavy (non-hydrogen) atoms. The monoisotopic (exact) mass is 346 g/mol. The fourth-order valence-electron chi connectivity index (χ4n) is 6.09. The van der Waals surface area contributed by atoms with Crippen LogP contribution in [0.15, 0.2) is 42.5 Å². The van der Waals surface area contributed by atoms with Crippen molar-refractivity contribution in [2.75, 3.05) is 6.54 Å². The molecule has 4 N–H and O–H groups in total. The second-order valence-corrected chi connectivity index (χ2v) is 8.17. The molecule has 132 valence electrons. The van der Waals surface area contributed by atoms with E-state index in [0.29, 0.717) is 12.0 Å². The molecule has 2 aromatic carbocycles. The van der Waals surface area contributed by atoms with Gasteiger partial charge in [0.1, 0.15) is 11.9 Å². The molecule has 0 saturated carbocycles. The lowest BCUT2D eigenvalue weighted by Crippen LogP contribution is -2.62. The highest BCUT2D eigenvalue weighted by molar-refractivity contribution is 5.86. The summed E-state index contributed by atoms with van der Waals surface area (Å²) < 4.78 is 0. The number of phenols is 1. The third-order valence-corrected chi connectivity index (χ3v) is 7.16. The number of aliphatic hydroxyl groups is 1. The molecule has 0 amide bonds. The number of phenolic OH excluding ortho intramolecular Hbond substituents is 1. The van der Waals surface area contributed by atoms with Gasteiger partial charge in [0.25, 0.3) is 0 Å². The molecule has 0 radical (unpaired) electrons. The molecule has 1 fully saturated rings. The maximum Gasteiger partial charge on any atom is 0.116 e. The van der Waals surface area contributed by atoms with E-state index >= 15 is 0 Å². The van der Waals surface area contributed by atoms with E-state index in [4.69, 9.17) is 0 Å². The summed E-state index contributed by atoms with van der Waals surface area (Å²) in [6, 6.07) is 14.5. The summed E-state index contributed by atoms with van der Waals surface area (Å²) in [7, 11) is 0. The Morgan fingerprint density at radius 3 is 2.88 bits per heavy atom. The van der Waals surface area contributed by atoms with Crippen LogP contribution < -0.4 is 5.32 Å². The van der Waals surface area contributed by atoms with E-state index in [2.05, 4.69) is 34.6 Å². The van der Waals surface area contributed by atoms with Crippen molar-refractivity contribution in [3.8, 4) is 5.75 Å². The van der Waals surface area contributed by atoms with Gasteiger partial charge in [-0.3, -0.25) is 0 Å². The lowest BCUT2D eigenvalue weighted by atomic mass is 9.51. The van der Waals surface area contributed by atoms with Crippen molar-refractivity contribution in [3.63, 3.8) is 0 Å². The molecule has 4 atom stereocenters. The normalized spacial score (nSPS) is 32.0. The number of benzene rings is 2. The number of hydrogen-bond donors (Lipinski definition) is 4. The molecule has 2 heterocycles. The van der Waals surface area contributed by atoms with Crippen LogP contribution in [0.2, 0.25) is 0 Å². The van der Waals surface area contributed by atoms with Crippen LogP contribution in [0.4, 0.5) is 0 Å². The third kappa shape index (κ3) is 1.67. The van der Waals surface area contributed by atoms with Gasteiger partial charge in [-0.15, -0.1) is 0 Å². The number of aliphatic hydroxyl groups excluding tert-OH is 1. The Kier molecular flexibility index (Phi) is 2.79. The molecule has 2 aliphatic carbocycles. The van der Waals surface area contributed by atoms with E-state index in [1.54, 1.807) is 6.07 Å². The molecule has 1 saturated heterocycles. The maximum atomic E-state index is 11.7. The molecule has 2 bridgehead atoms. The van der Waals surface area contributed by atoms with Gasteiger partial charge in [-0.25, -0.2) is 0 Å². The molecule has 1 aromatic heterocycles. The summed E-state index contributed by atoms with van der Waals surface area (Å²) >= 11 is 0. The first-order chi connectivity index (χ1) is 12.7. The zero-order valence-corrected chi connectivity index (χ0v) is 14.5. The standard InChI is InChI=1S/C22H22N2O2/c25-13-5-6-18-14(10-13)15-11-17-19-9-12-3-1-2-4-16(12)22(17,7-8-23-19)21(26)20(15)24-18/h1-6,10,17,19,21,23-26H,7-9,11H2/t17-,19+,21?,22+/m0/s1. The lowest BCUT2D eigenvalue weighted by Gasteiger charge is -2.57. The van der Waals surface area contributed by atoms with Gasteiger partial charge in [-0.2, -0.15) is 0 Å². The van der Waals surface area contributed by atoms with Crippen molar-refractivity contribution < 1.29 is 10.2 Å². The summed E-state index contributed by atoms with van der Waals surface area (Å²) in [4.78, 5) is 3.47. The Labute approximate surface area is 151 Å². The number of nitrogens with one attached hydrogen (secondary N) is 2. The zero-order valence-electron chi connectivity index (χ0n) is 14.5. The third-order valence-electron chi connectivity index (χ3n) is 7.16. The predicted octanol–water partition coefficient (Wildman–Crippen LogP) is 2.94. The highest BCUT2D eigenvalue weighted by atomic mass is 16.3. The van der Waals surface area contributed by atoms with Crippen molar-refractivity contribution in [3.05, 3.63) is 64.8 Å². The average Bonchev–Trinajstić information content (AvgIpc) is 3.00. The number of fused-ring (bicyclic) bond motifs is 4. The molecule has 6 rings (SSSR count). The van der Waals surface area contributed by atoms with E-state index in [9.17, 15) is 10.2 Å². The largest absolute Gasteiger partial charge is 0.508 e. The summed E-state index contributed by atoms with van der Waals surface area (Å²) in [6.07, 6.45) is 2.36. The van der Waals surface area contributed by atoms with Crippen LogP contribution in [0.1, 0.15) is 34.9 Å². The van der Waals surface area contributed by atoms with E-state index < -0.39 is 6.10 Å². The Morgan fingerprint density at radius 2 is 1.96 bits per heavy atom. The van der Waals surface area contributed by atoms with Gasteiger partial charge in [0, 0.05) is 28.1 Å². The number of hydrogen-bond acceptors (Lipinski definition) is 3. The quantitative estimate of drug-likeness (QED) is 0.506. The Bertz CT molecular complexity index is 1040. The summed E-state index contributed by atoms with van der Waals surface area (Å²) in [5.74, 6) is 0.649. The van der Waals surface area contributed by atoms with Gasteiger partial charge >= 0.3 is 0 Å². The minimum Gasteiger partial charge on any atom is -0.508 e. The minimum absolute atomic E-state index is 0.222. The van der Waals surface area contributed by atoms with Gasteiger partial charge < -0.3 is 20.5 Å². The van der Waals surface area contributed by atoms with Crippen molar-refractivity contribution in [2.45, 2.75) is 36.8 Å². The topological polar surface area (TPSA) is 68.3 Å². The van der Waals surface area contributed by atoms with Crippen molar-refractivity contribution in [2.24, 2.45) is 5.92 Å². The lowest BCUT2D eigenvalue weighted by molar-refractivity contribution is -0.0202. The van der Waals surface area contributed by atoms with Crippen LogP contribution in [-0.4, -0.2) is 27.8 Å². The highest BCUT2D eigenvalue weighted by Crippen LogP contribution is 2.58. The van der Waals surface area contributed by atoms with Gasteiger partial charge in [0.05, 0.1) is 0 Å². The molecule has 4 nitrogen and oxygen atoms in total. The van der Waals surface area contributed by atoms with Crippen LogP contribution in [0.3, 0.4) is 0 Å². The van der Waals surface area contributed by atoms with Crippen LogP contribution in [-0.2, 0) is 18.3 Å². The SMILES string of the molecule is Oc1ccc2[nH]c3c(c2c1)C[C@H]1[C@H]2Cc4ccccc4[C@@]1(CCN2)C3O. The van der Waals surface area contributed by atoms with Gasteiger partial charge in [0.2, 0.25) is 0 Å². The van der Waals surface area contributed by atoms with Crippen molar-refractivity contribution in [1.82, 2.24) is 10.3 Å². The second-order valence-electron chi connectivity index (χ2n) is 8.17. The van der Waals surface area contributed by atoms with Crippen LogP contribution in [0, 0.1) is 5.92 Å². The molecular weight excluding hydrogens is 324 g/mol. The summed E-state index contributed by atoms with van der Waals surface area (Å²) in [5, 5.41) is 26.4. The number of aromatic hydroxyl groups is 1. The molecule has 1 unspecified atom stereocenters. The van der Waals surface area contributed by atoms with Crippen LogP contribution in [0.25, 0.3) is 10.9 Å². The first-order valence-corrected chi connectivity index (χ1v) is 9.52. The second kappa shape index (κ2) is 4.90. The van der Waals surface area contributed by atoms with E-state index in [0.717, 1.165) is 42.4 Å². The molecule has 1 aliphatic heterocycles. The fourth-order valence-corrected chi connectivity index (χ4v) is 6.09. The minimum atomic E-state index is -0.545. The Hall–Kier alpha value is -2.30. The van der Waals surface area contributed by atoms with Crippen molar-refractivity contribution >= 4 is 10.9 Å². The highest BCUT2D eigenvalue weighted by Gasteiger charge is 2.58. The Morgan fingerprint density at radius 1 is 1.08 bits per heavy atom. The summed E-state index contributed by atoms with van der Waals surface area (Å²) in [6.45, 7) is 0.947. The number of rotatable bonds is 0. The number of H-pyrrole nitrogens is 1. The molecule has 0 spiro atoms. The molecule has 4 heteroatoms. The number of aromatic amines is 1. The predicted molar refractivity (Wildman–Crippen MR) is 100 cm³/mol. The molecular formula is C22H22N2O2. The van der Waals surface area contributed by atoms with E-state index in [1.165, 1.54) is 16.7 Å². The number of piperidine rings is 1. The fraction of sp³-hybridized carbons (Fsp3) is 0.364. The maximum absolute atomic E-state index is 11.7. The Balaban J connectivity index is 1.64. The average molecular weight is 346 g/mol. The molecule has 3 aliphatic rings. The van der Waals surface area contributed by atoms with Crippen molar-refractivity contribution in [1.29, 1.82) is 0 Å². The smallest absolute Gasteiger partial charge is 0.116 e.